The molecule has 1 rings (SSSR count). The fourth-order valence-electron chi connectivity index (χ4n) is 1.02. The zero-order chi connectivity index (χ0) is 10.4. The second-order valence-electron chi connectivity index (χ2n) is 2.82. The molecule has 14 heavy (non-hydrogen) atoms. The Morgan fingerprint density at radius 1 is 1.57 bits per heavy atom. The molecular weight excluding hydrogens is 176 g/mol. The average molecular weight is 188 g/mol. The molecule has 1 aromatic carbocycles. The summed E-state index contributed by atoms with van der Waals surface area (Å²) in [5, 5.41) is 8.83. The van der Waals surface area contributed by atoms with E-state index in [0.29, 0.717) is 17.9 Å². The lowest BCUT2D eigenvalue weighted by atomic mass is 10.1. The van der Waals surface area contributed by atoms with E-state index in [2.05, 4.69) is 11.1 Å². The van der Waals surface area contributed by atoms with Crippen LogP contribution in [-0.2, 0) is 4.74 Å². The van der Waals surface area contributed by atoms with Gasteiger partial charge in [0.15, 0.2) is 6.40 Å². The van der Waals surface area contributed by atoms with Crippen molar-refractivity contribution in [1.29, 1.82) is 5.26 Å². The molecule has 0 saturated heterocycles. The number of aliphatic imine (C=N–C) groups is 1. The highest BCUT2D eigenvalue weighted by atomic mass is 16.5. The van der Waals surface area contributed by atoms with Crippen molar-refractivity contribution in [3.8, 4) is 6.07 Å². The Kier molecular flexibility index (Phi) is 3.69. The van der Waals surface area contributed by atoms with E-state index in [1.165, 1.54) is 6.40 Å². The Morgan fingerprint density at radius 2 is 2.36 bits per heavy atom. The van der Waals surface area contributed by atoms with Crippen molar-refractivity contribution in [3.05, 3.63) is 29.3 Å². The van der Waals surface area contributed by atoms with Crippen molar-refractivity contribution in [2.24, 2.45) is 4.99 Å². The van der Waals surface area contributed by atoms with Crippen LogP contribution in [0, 0.1) is 18.3 Å². The molecule has 72 valence electrons. The topological polar surface area (TPSA) is 45.4 Å². The molecule has 0 aliphatic heterocycles. The summed E-state index contributed by atoms with van der Waals surface area (Å²) in [5.41, 5.74) is 2.27. The minimum atomic E-state index is 0.570. The van der Waals surface area contributed by atoms with Crippen LogP contribution in [0.25, 0.3) is 0 Å². The van der Waals surface area contributed by atoms with Gasteiger partial charge in [0.25, 0.3) is 0 Å². The summed E-state index contributed by atoms with van der Waals surface area (Å²) in [6, 6.07) is 7.62. The van der Waals surface area contributed by atoms with Crippen molar-refractivity contribution in [1.82, 2.24) is 0 Å². The van der Waals surface area contributed by atoms with Gasteiger partial charge in [0.05, 0.1) is 17.9 Å². The second-order valence-corrected chi connectivity index (χ2v) is 2.82. The predicted octanol–water partition coefficient (Wildman–Crippen LogP) is 2.56. The summed E-state index contributed by atoms with van der Waals surface area (Å²) in [4.78, 5) is 4.04. The van der Waals surface area contributed by atoms with E-state index < -0.39 is 0 Å². The van der Waals surface area contributed by atoms with Crippen LogP contribution in [0.3, 0.4) is 0 Å². The van der Waals surface area contributed by atoms with Gasteiger partial charge >= 0.3 is 0 Å². The summed E-state index contributed by atoms with van der Waals surface area (Å²) >= 11 is 0. The molecule has 0 aliphatic carbocycles. The SMILES string of the molecule is CCO/C=N/c1ccc(C)cc1C#N. The van der Waals surface area contributed by atoms with E-state index in [0.717, 1.165) is 5.56 Å². The molecule has 0 bridgehead atoms. The first-order valence-electron chi connectivity index (χ1n) is 4.42. The Balaban J connectivity index is 2.92. The van der Waals surface area contributed by atoms with Crippen LogP contribution in [0.4, 0.5) is 5.69 Å². The highest BCUT2D eigenvalue weighted by molar-refractivity contribution is 5.62. The molecule has 0 fully saturated rings. The van der Waals surface area contributed by atoms with Gasteiger partial charge in [-0.25, -0.2) is 4.99 Å². The number of nitriles is 1. The van der Waals surface area contributed by atoms with Crippen molar-refractivity contribution in [2.45, 2.75) is 13.8 Å². The lowest BCUT2D eigenvalue weighted by molar-refractivity contribution is 0.344. The molecule has 0 aromatic heterocycles. The summed E-state index contributed by atoms with van der Waals surface area (Å²) in [7, 11) is 0. The van der Waals surface area contributed by atoms with Gasteiger partial charge < -0.3 is 4.74 Å². The normalized spacial score (nSPS) is 10.1. The van der Waals surface area contributed by atoms with E-state index in [9.17, 15) is 0 Å². The standard InChI is InChI=1S/C11H12N2O/c1-3-14-8-13-11-5-4-9(2)6-10(11)7-12/h4-6,8H,3H2,1-2H3/b13-8+. The maximum absolute atomic E-state index is 8.83. The van der Waals surface area contributed by atoms with Crippen molar-refractivity contribution in [2.75, 3.05) is 6.61 Å². The minimum Gasteiger partial charge on any atom is -0.483 e. The molecule has 0 saturated carbocycles. The molecule has 0 atom stereocenters. The molecule has 3 heteroatoms. The number of hydrogen-bond donors (Lipinski definition) is 0. The number of nitrogens with zero attached hydrogens (tertiary/aromatic N) is 2. The number of ether oxygens (including phenoxy) is 1. The summed E-state index contributed by atoms with van der Waals surface area (Å²) in [5.74, 6) is 0. The van der Waals surface area contributed by atoms with Gasteiger partial charge in [0.1, 0.15) is 6.07 Å². The summed E-state index contributed by atoms with van der Waals surface area (Å²) in [6.07, 6.45) is 1.37. The quantitative estimate of drug-likeness (QED) is 0.540. The molecule has 0 heterocycles. The summed E-state index contributed by atoms with van der Waals surface area (Å²) in [6.45, 7) is 4.40. The van der Waals surface area contributed by atoms with Gasteiger partial charge in [-0.3, -0.25) is 0 Å². The number of benzene rings is 1. The smallest absolute Gasteiger partial charge is 0.174 e. The third kappa shape index (κ3) is 2.60. The maximum Gasteiger partial charge on any atom is 0.174 e. The molecule has 0 N–H and O–H groups in total. The molecule has 3 nitrogen and oxygen atoms in total. The van der Waals surface area contributed by atoms with Gasteiger partial charge in [-0.2, -0.15) is 5.26 Å². The largest absolute Gasteiger partial charge is 0.483 e. The molecular formula is C11H12N2O. The molecule has 0 aliphatic rings. The fraction of sp³-hybridized carbons (Fsp3) is 0.273. The first-order chi connectivity index (χ1) is 6.77. The maximum atomic E-state index is 8.83. The lowest BCUT2D eigenvalue weighted by Crippen LogP contribution is -1.85. The van der Waals surface area contributed by atoms with Crippen LogP contribution in [0.2, 0.25) is 0 Å². The second kappa shape index (κ2) is 5.03. The van der Waals surface area contributed by atoms with Gasteiger partial charge in [0.2, 0.25) is 0 Å². The molecule has 1 aromatic rings. The monoisotopic (exact) mass is 188 g/mol. The van der Waals surface area contributed by atoms with Crippen molar-refractivity contribution < 1.29 is 4.74 Å². The zero-order valence-electron chi connectivity index (χ0n) is 8.32. The molecule has 0 spiro atoms. The van der Waals surface area contributed by atoms with Gasteiger partial charge in [0, 0.05) is 0 Å². The Labute approximate surface area is 83.7 Å². The van der Waals surface area contributed by atoms with E-state index in [1.807, 2.05) is 26.0 Å². The van der Waals surface area contributed by atoms with E-state index >= 15 is 0 Å². The average Bonchev–Trinajstić information content (AvgIpc) is 2.20. The number of hydrogen-bond acceptors (Lipinski definition) is 3. The van der Waals surface area contributed by atoms with Crippen molar-refractivity contribution in [3.63, 3.8) is 0 Å². The Morgan fingerprint density at radius 3 is 3.00 bits per heavy atom. The van der Waals surface area contributed by atoms with Crippen LogP contribution in [0.5, 0.6) is 0 Å². The van der Waals surface area contributed by atoms with Crippen LogP contribution >= 0.6 is 0 Å². The Hall–Kier alpha value is -1.82. The van der Waals surface area contributed by atoms with E-state index in [4.69, 9.17) is 10.00 Å². The molecule has 0 unspecified atom stereocenters. The van der Waals surface area contributed by atoms with Gasteiger partial charge in [-0.1, -0.05) is 6.07 Å². The molecule has 0 amide bonds. The van der Waals surface area contributed by atoms with Crippen LogP contribution in [-0.4, -0.2) is 13.0 Å². The Bertz CT molecular complexity index is 377. The highest BCUT2D eigenvalue weighted by Crippen LogP contribution is 2.18. The summed E-state index contributed by atoms with van der Waals surface area (Å²) < 4.78 is 4.97. The first-order valence-corrected chi connectivity index (χ1v) is 4.42. The van der Waals surface area contributed by atoms with Crippen LogP contribution < -0.4 is 0 Å². The molecule has 0 radical (unpaired) electrons. The van der Waals surface area contributed by atoms with Crippen LogP contribution in [0.1, 0.15) is 18.1 Å². The van der Waals surface area contributed by atoms with Crippen molar-refractivity contribution >= 4 is 12.1 Å². The number of rotatable bonds is 3. The van der Waals surface area contributed by atoms with E-state index in [-0.39, 0.29) is 0 Å². The third-order valence-corrected chi connectivity index (χ3v) is 1.71. The van der Waals surface area contributed by atoms with E-state index in [1.54, 1.807) is 6.07 Å². The lowest BCUT2D eigenvalue weighted by Gasteiger charge is -1.98. The third-order valence-electron chi connectivity index (χ3n) is 1.71. The van der Waals surface area contributed by atoms with Gasteiger partial charge in [-0.15, -0.1) is 0 Å². The first kappa shape index (κ1) is 10.3. The number of aryl methyl sites for hydroxylation is 1. The van der Waals surface area contributed by atoms with Crippen LogP contribution in [0.15, 0.2) is 23.2 Å². The zero-order valence-corrected chi connectivity index (χ0v) is 8.32. The highest BCUT2D eigenvalue weighted by Gasteiger charge is 1.99. The fourth-order valence-corrected chi connectivity index (χ4v) is 1.02. The van der Waals surface area contributed by atoms with Gasteiger partial charge in [-0.05, 0) is 31.5 Å². The predicted molar refractivity (Wildman–Crippen MR) is 55.7 cm³/mol. The minimum absolute atomic E-state index is 0.570.